The lowest BCUT2D eigenvalue weighted by atomic mass is 9.85. The minimum Gasteiger partial charge on any atom is -0.380 e. The summed E-state index contributed by atoms with van der Waals surface area (Å²) in [5.41, 5.74) is 7.80. The predicted molar refractivity (Wildman–Crippen MR) is 63.4 cm³/mol. The maximum absolute atomic E-state index is 7.08. The Hall–Kier alpha value is -2.02. The van der Waals surface area contributed by atoms with Gasteiger partial charge in [0.15, 0.2) is 17.1 Å². The summed E-state index contributed by atoms with van der Waals surface area (Å²) in [6, 6.07) is 3.54. The molecule has 2 aromatic rings. The van der Waals surface area contributed by atoms with Gasteiger partial charge in [-0.25, -0.2) is 4.85 Å². The Bertz CT molecular complexity index is 585. The van der Waals surface area contributed by atoms with Crippen LogP contribution in [0.1, 0.15) is 26.3 Å². The summed E-state index contributed by atoms with van der Waals surface area (Å²) in [6.45, 7) is 13.3. The van der Waals surface area contributed by atoms with E-state index in [0.717, 1.165) is 10.9 Å². The van der Waals surface area contributed by atoms with E-state index in [4.69, 9.17) is 16.8 Å². The molecule has 0 aliphatic heterocycles. The summed E-state index contributed by atoms with van der Waals surface area (Å²) in [5, 5.41) is 4.47. The first-order valence-corrected chi connectivity index (χ1v) is 5.00. The monoisotopic (exact) mass is 215 g/mol. The molecule has 0 atom stereocenters. The van der Waals surface area contributed by atoms with Gasteiger partial charge in [0.1, 0.15) is 0 Å². The van der Waals surface area contributed by atoms with Crippen molar-refractivity contribution in [2.45, 2.75) is 26.2 Å². The Morgan fingerprint density at radius 1 is 1.38 bits per heavy atom. The first-order chi connectivity index (χ1) is 7.43. The van der Waals surface area contributed by atoms with E-state index in [1.54, 1.807) is 6.07 Å². The third-order valence-corrected chi connectivity index (χ3v) is 2.52. The highest BCUT2D eigenvalue weighted by Gasteiger charge is 2.21. The van der Waals surface area contributed by atoms with Crippen molar-refractivity contribution >= 4 is 22.5 Å². The zero-order valence-corrected chi connectivity index (χ0v) is 9.53. The fourth-order valence-electron chi connectivity index (χ4n) is 1.67. The van der Waals surface area contributed by atoms with Crippen molar-refractivity contribution in [3.05, 3.63) is 29.1 Å². The molecule has 1 aromatic heterocycles. The van der Waals surface area contributed by atoms with Crippen molar-refractivity contribution in [3.63, 3.8) is 0 Å². The minimum atomic E-state index is -0.106. The topological polar surface area (TPSA) is 56.4 Å². The molecule has 4 nitrogen and oxygen atoms in total. The Balaban J connectivity index is 2.87. The van der Waals surface area contributed by atoms with Crippen molar-refractivity contribution in [2.24, 2.45) is 0 Å². The van der Waals surface area contributed by atoms with Gasteiger partial charge in [-0.1, -0.05) is 25.9 Å². The van der Waals surface area contributed by atoms with Crippen molar-refractivity contribution in [1.82, 2.24) is 5.16 Å². The van der Waals surface area contributed by atoms with Crippen LogP contribution in [0.3, 0.4) is 0 Å². The molecule has 0 saturated heterocycles. The molecule has 0 aliphatic rings. The second-order valence-corrected chi connectivity index (χ2v) is 4.80. The molecule has 0 radical (unpaired) electrons. The maximum atomic E-state index is 7.08. The van der Waals surface area contributed by atoms with E-state index in [0.29, 0.717) is 17.1 Å². The average molecular weight is 215 g/mol. The summed E-state index contributed by atoms with van der Waals surface area (Å²) in [7, 11) is 0. The molecule has 16 heavy (non-hydrogen) atoms. The van der Waals surface area contributed by atoms with E-state index in [-0.39, 0.29) is 5.41 Å². The zero-order chi connectivity index (χ0) is 11.9. The highest BCUT2D eigenvalue weighted by atomic mass is 16.5. The van der Waals surface area contributed by atoms with Crippen molar-refractivity contribution in [3.8, 4) is 0 Å². The molecule has 0 amide bonds. The average Bonchev–Trinajstić information content (AvgIpc) is 2.58. The van der Waals surface area contributed by atoms with Crippen LogP contribution in [0.4, 0.5) is 11.5 Å². The molecule has 0 fully saturated rings. The third-order valence-electron chi connectivity index (χ3n) is 2.52. The van der Waals surface area contributed by atoms with Crippen LogP contribution in [0.2, 0.25) is 0 Å². The van der Waals surface area contributed by atoms with Crippen LogP contribution in [-0.2, 0) is 5.41 Å². The number of nitrogen functional groups attached to an aromatic ring is 1. The number of anilines is 1. The Morgan fingerprint density at radius 3 is 2.62 bits per heavy atom. The van der Waals surface area contributed by atoms with Crippen LogP contribution in [-0.4, -0.2) is 5.16 Å². The molecule has 82 valence electrons. The first-order valence-electron chi connectivity index (χ1n) is 5.00. The largest absolute Gasteiger partial charge is 0.380 e. The van der Waals surface area contributed by atoms with Crippen LogP contribution in [0.15, 0.2) is 16.7 Å². The number of hydrogen-bond donors (Lipinski definition) is 1. The van der Waals surface area contributed by atoms with Gasteiger partial charge in [-0.3, -0.25) is 0 Å². The summed E-state index contributed by atoms with van der Waals surface area (Å²) in [4.78, 5) is 3.44. The molecule has 4 heteroatoms. The van der Waals surface area contributed by atoms with E-state index in [1.807, 2.05) is 6.07 Å². The Morgan fingerprint density at radius 2 is 2.06 bits per heavy atom. The van der Waals surface area contributed by atoms with Gasteiger partial charge < -0.3 is 10.3 Å². The number of rotatable bonds is 0. The van der Waals surface area contributed by atoms with Gasteiger partial charge in [0, 0.05) is 0 Å². The highest BCUT2D eigenvalue weighted by molar-refractivity contribution is 5.92. The molecule has 1 aromatic carbocycles. The number of nitrogens with zero attached hydrogens (tertiary/aromatic N) is 2. The van der Waals surface area contributed by atoms with Crippen molar-refractivity contribution < 1.29 is 4.52 Å². The van der Waals surface area contributed by atoms with Crippen molar-refractivity contribution in [1.29, 1.82) is 0 Å². The van der Waals surface area contributed by atoms with E-state index < -0.39 is 0 Å². The van der Waals surface area contributed by atoms with Crippen LogP contribution >= 0.6 is 0 Å². The number of aromatic nitrogens is 1. The Labute approximate surface area is 93.8 Å². The number of fused-ring (bicyclic) bond motifs is 1. The molecule has 0 saturated carbocycles. The lowest BCUT2D eigenvalue weighted by Crippen LogP contribution is -2.11. The minimum absolute atomic E-state index is 0.106. The fourth-order valence-corrected chi connectivity index (χ4v) is 1.67. The lowest BCUT2D eigenvalue weighted by molar-refractivity contribution is 0.450. The van der Waals surface area contributed by atoms with Gasteiger partial charge in [-0.15, -0.1) is 0 Å². The lowest BCUT2D eigenvalue weighted by Gasteiger charge is -2.19. The van der Waals surface area contributed by atoms with Crippen LogP contribution < -0.4 is 5.73 Å². The normalized spacial score (nSPS) is 11.6. The van der Waals surface area contributed by atoms with Crippen LogP contribution in [0.25, 0.3) is 15.8 Å². The van der Waals surface area contributed by atoms with Gasteiger partial charge in [-0.2, -0.15) is 0 Å². The number of nitrogens with two attached hydrogens (primary N) is 1. The standard InChI is InChI=1S/C12H13N3O/c1-12(2,3)9-6-7(14-4)5-8-10(9)16-15-11(8)13/h5-6H,1-3H3,(H2,13,15). The molecular formula is C12H13N3O. The van der Waals surface area contributed by atoms with Gasteiger partial charge >= 0.3 is 0 Å². The molecule has 0 bridgehead atoms. The molecule has 2 N–H and O–H groups in total. The SMILES string of the molecule is [C-]#[N+]c1cc(C(C)(C)C)c2onc(N)c2c1. The maximum Gasteiger partial charge on any atom is 0.188 e. The van der Waals surface area contributed by atoms with E-state index in [9.17, 15) is 0 Å². The molecule has 0 unspecified atom stereocenters. The summed E-state index contributed by atoms with van der Waals surface area (Å²) in [5.74, 6) is 0.339. The number of benzene rings is 1. The Kier molecular flexibility index (Phi) is 2.13. The quantitative estimate of drug-likeness (QED) is 0.686. The molecule has 0 aliphatic carbocycles. The van der Waals surface area contributed by atoms with Gasteiger partial charge in [0.05, 0.1) is 12.0 Å². The van der Waals surface area contributed by atoms with E-state index in [2.05, 4.69) is 30.8 Å². The molecule has 1 heterocycles. The fraction of sp³-hybridized carbons (Fsp3) is 0.333. The summed E-state index contributed by atoms with van der Waals surface area (Å²) in [6.07, 6.45) is 0. The second kappa shape index (κ2) is 3.24. The van der Waals surface area contributed by atoms with E-state index in [1.165, 1.54) is 0 Å². The zero-order valence-electron chi connectivity index (χ0n) is 9.53. The summed E-state index contributed by atoms with van der Waals surface area (Å²) >= 11 is 0. The molecule has 2 rings (SSSR count). The molecule has 0 spiro atoms. The number of hydrogen-bond acceptors (Lipinski definition) is 3. The first kappa shape index (κ1) is 10.5. The van der Waals surface area contributed by atoms with Gasteiger partial charge in [0.25, 0.3) is 0 Å². The van der Waals surface area contributed by atoms with Crippen LogP contribution in [0.5, 0.6) is 0 Å². The predicted octanol–water partition coefficient (Wildman–Crippen LogP) is 3.26. The smallest absolute Gasteiger partial charge is 0.188 e. The van der Waals surface area contributed by atoms with Crippen LogP contribution in [0, 0.1) is 6.57 Å². The van der Waals surface area contributed by atoms with Crippen molar-refractivity contribution in [2.75, 3.05) is 5.73 Å². The molecular weight excluding hydrogens is 202 g/mol. The van der Waals surface area contributed by atoms with Gasteiger partial charge in [-0.05, 0) is 23.1 Å². The second-order valence-electron chi connectivity index (χ2n) is 4.80. The van der Waals surface area contributed by atoms with Gasteiger partial charge in [0.2, 0.25) is 0 Å². The third kappa shape index (κ3) is 1.50. The summed E-state index contributed by atoms with van der Waals surface area (Å²) < 4.78 is 5.23. The highest BCUT2D eigenvalue weighted by Crippen LogP contribution is 2.35. The van der Waals surface area contributed by atoms with E-state index >= 15 is 0 Å².